The lowest BCUT2D eigenvalue weighted by Crippen LogP contribution is -2.22. The first-order valence-corrected chi connectivity index (χ1v) is 8.60. The Morgan fingerprint density at radius 1 is 0.857 bits per heavy atom. The number of ketones is 2. The second-order valence-corrected chi connectivity index (χ2v) is 6.28. The number of aromatic nitrogens is 2. The van der Waals surface area contributed by atoms with Gasteiger partial charge in [-0.2, -0.15) is 0 Å². The average Bonchev–Trinajstić information content (AvgIpc) is 3.08. The summed E-state index contributed by atoms with van der Waals surface area (Å²) in [4.78, 5) is 29.5. The maximum atomic E-state index is 12.6. The van der Waals surface area contributed by atoms with Gasteiger partial charge in [-0.3, -0.25) is 14.2 Å². The zero-order chi connectivity index (χ0) is 20.0. The third-order valence-electron chi connectivity index (χ3n) is 4.80. The number of carbonyl (C=O) groups excluding carboxylic acids is 2. The lowest BCUT2D eigenvalue weighted by Gasteiger charge is -2.19. The van der Waals surface area contributed by atoms with E-state index >= 15 is 0 Å². The van der Waals surface area contributed by atoms with E-state index in [1.165, 1.54) is 21.3 Å². The molecule has 7 nitrogen and oxygen atoms in total. The van der Waals surface area contributed by atoms with Gasteiger partial charge in [-0.25, -0.2) is 4.98 Å². The highest BCUT2D eigenvalue weighted by Gasteiger charge is 2.35. The van der Waals surface area contributed by atoms with Gasteiger partial charge in [0.05, 0.1) is 32.7 Å². The third-order valence-corrected chi connectivity index (χ3v) is 4.80. The first-order valence-electron chi connectivity index (χ1n) is 8.60. The fourth-order valence-electron chi connectivity index (χ4n) is 3.57. The van der Waals surface area contributed by atoms with Crippen molar-refractivity contribution in [2.24, 2.45) is 0 Å². The van der Waals surface area contributed by atoms with Crippen molar-refractivity contribution < 1.29 is 23.8 Å². The van der Waals surface area contributed by atoms with Crippen LogP contribution < -0.4 is 14.2 Å². The Kier molecular flexibility index (Phi) is 4.15. The number of imidazole rings is 1. The predicted molar refractivity (Wildman–Crippen MR) is 102 cm³/mol. The van der Waals surface area contributed by atoms with Gasteiger partial charge >= 0.3 is 0 Å². The number of hydrogen-bond acceptors (Lipinski definition) is 6. The quantitative estimate of drug-likeness (QED) is 0.649. The summed E-state index contributed by atoms with van der Waals surface area (Å²) >= 11 is 0. The van der Waals surface area contributed by atoms with E-state index in [0.717, 1.165) is 0 Å². The molecule has 3 aromatic rings. The number of carbonyl (C=O) groups is 2. The lowest BCUT2D eigenvalue weighted by atomic mass is 9.90. The molecule has 1 aliphatic carbocycles. The van der Waals surface area contributed by atoms with Crippen LogP contribution in [0.3, 0.4) is 0 Å². The Morgan fingerprint density at radius 3 is 2.04 bits per heavy atom. The van der Waals surface area contributed by atoms with E-state index < -0.39 is 11.6 Å². The SMILES string of the molecule is COc1cc(-n2c(C)nc3c2-c2ccccc2C(=O)C3=O)cc(OC)c1OC. The maximum Gasteiger partial charge on any atom is 0.254 e. The van der Waals surface area contributed by atoms with Gasteiger partial charge in [0.1, 0.15) is 11.5 Å². The zero-order valence-corrected chi connectivity index (χ0v) is 15.9. The van der Waals surface area contributed by atoms with Gasteiger partial charge in [-0.05, 0) is 6.92 Å². The maximum absolute atomic E-state index is 12.6. The smallest absolute Gasteiger partial charge is 0.254 e. The lowest BCUT2D eigenvalue weighted by molar-refractivity contribution is 0.0812. The van der Waals surface area contributed by atoms with E-state index in [0.29, 0.717) is 45.6 Å². The fourth-order valence-corrected chi connectivity index (χ4v) is 3.57. The standard InChI is InChI=1S/C21H18N2O5/c1-11-22-17-18(13-7-5-6-8-14(13)19(24)20(17)25)23(11)12-9-15(26-2)21(28-4)16(10-12)27-3/h5-10H,1-4H3. The van der Waals surface area contributed by atoms with Gasteiger partial charge in [0.2, 0.25) is 11.5 Å². The van der Waals surface area contributed by atoms with Crippen molar-refractivity contribution >= 4 is 11.6 Å². The predicted octanol–water partition coefficient (Wildman–Crippen LogP) is 3.25. The molecule has 2 aromatic carbocycles. The van der Waals surface area contributed by atoms with E-state index in [1.807, 2.05) is 16.7 Å². The number of Topliss-reactive ketones (excluding diaryl/α,β-unsaturated/α-hetero) is 2. The monoisotopic (exact) mass is 378 g/mol. The molecule has 1 aromatic heterocycles. The van der Waals surface area contributed by atoms with Crippen LogP contribution in [0.15, 0.2) is 36.4 Å². The minimum absolute atomic E-state index is 0.148. The van der Waals surface area contributed by atoms with Gasteiger partial charge in [-0.15, -0.1) is 0 Å². The Balaban J connectivity index is 2.05. The number of aryl methyl sites for hydroxylation is 1. The van der Waals surface area contributed by atoms with Crippen LogP contribution >= 0.6 is 0 Å². The Morgan fingerprint density at radius 2 is 1.46 bits per heavy atom. The number of rotatable bonds is 4. The number of nitrogens with zero attached hydrogens (tertiary/aromatic N) is 2. The molecule has 0 amide bonds. The Bertz CT molecular complexity index is 1100. The molecule has 0 atom stereocenters. The summed E-state index contributed by atoms with van der Waals surface area (Å²) in [6.45, 7) is 1.78. The van der Waals surface area contributed by atoms with Crippen molar-refractivity contribution in [2.45, 2.75) is 6.92 Å². The molecule has 4 rings (SSSR count). The molecule has 1 aliphatic rings. The van der Waals surface area contributed by atoms with Gasteiger partial charge in [0.25, 0.3) is 5.78 Å². The van der Waals surface area contributed by atoms with Gasteiger partial charge < -0.3 is 14.2 Å². The van der Waals surface area contributed by atoms with Crippen LogP contribution in [0.2, 0.25) is 0 Å². The minimum atomic E-state index is -0.608. The van der Waals surface area contributed by atoms with Gasteiger partial charge in [0.15, 0.2) is 11.5 Å². The Hall–Kier alpha value is -3.61. The molecule has 0 radical (unpaired) electrons. The normalized spacial score (nSPS) is 12.4. The summed E-state index contributed by atoms with van der Waals surface area (Å²) in [6.07, 6.45) is 0. The van der Waals surface area contributed by atoms with Crippen LogP contribution in [0, 0.1) is 6.92 Å². The van der Waals surface area contributed by atoms with Crippen LogP contribution in [0.1, 0.15) is 26.7 Å². The summed E-state index contributed by atoms with van der Waals surface area (Å²) < 4.78 is 18.1. The fraction of sp³-hybridized carbons (Fsp3) is 0.190. The van der Waals surface area contributed by atoms with Crippen molar-refractivity contribution in [3.05, 3.63) is 53.5 Å². The summed E-state index contributed by atoms with van der Waals surface area (Å²) in [5, 5.41) is 0. The topological polar surface area (TPSA) is 79.7 Å². The van der Waals surface area contributed by atoms with Crippen LogP contribution in [0.4, 0.5) is 0 Å². The molecule has 1 heterocycles. The molecule has 142 valence electrons. The van der Waals surface area contributed by atoms with Gasteiger partial charge in [-0.1, -0.05) is 24.3 Å². The number of fused-ring (bicyclic) bond motifs is 3. The molecule has 0 bridgehead atoms. The summed E-state index contributed by atoms with van der Waals surface area (Å²) in [5.74, 6) is 0.834. The number of methoxy groups -OCH3 is 3. The van der Waals surface area contributed by atoms with E-state index in [9.17, 15) is 9.59 Å². The molecule has 0 saturated carbocycles. The zero-order valence-electron chi connectivity index (χ0n) is 15.9. The highest BCUT2D eigenvalue weighted by molar-refractivity contribution is 6.52. The molecule has 0 N–H and O–H groups in total. The molecule has 0 aliphatic heterocycles. The number of ether oxygens (including phenoxy) is 3. The highest BCUT2D eigenvalue weighted by Crippen LogP contribution is 2.42. The average molecular weight is 378 g/mol. The van der Waals surface area contributed by atoms with E-state index in [-0.39, 0.29) is 5.69 Å². The third kappa shape index (κ3) is 2.40. The number of benzene rings is 2. The highest BCUT2D eigenvalue weighted by atomic mass is 16.5. The van der Waals surface area contributed by atoms with Crippen molar-refractivity contribution in [3.8, 4) is 34.2 Å². The summed E-state index contributed by atoms with van der Waals surface area (Å²) in [5.41, 5.74) is 2.43. The molecule has 28 heavy (non-hydrogen) atoms. The first kappa shape index (κ1) is 17.8. The van der Waals surface area contributed by atoms with Crippen LogP contribution in [-0.4, -0.2) is 42.4 Å². The van der Waals surface area contributed by atoms with Crippen molar-refractivity contribution in [1.29, 1.82) is 0 Å². The molecule has 0 spiro atoms. The van der Waals surface area contributed by atoms with Crippen molar-refractivity contribution in [3.63, 3.8) is 0 Å². The summed E-state index contributed by atoms with van der Waals surface area (Å²) in [7, 11) is 4.61. The van der Waals surface area contributed by atoms with Crippen LogP contribution in [0.5, 0.6) is 17.2 Å². The van der Waals surface area contributed by atoms with Crippen LogP contribution in [0.25, 0.3) is 16.9 Å². The molecular formula is C21H18N2O5. The van der Waals surface area contributed by atoms with E-state index in [1.54, 1.807) is 31.2 Å². The minimum Gasteiger partial charge on any atom is -0.493 e. The van der Waals surface area contributed by atoms with Crippen LogP contribution in [-0.2, 0) is 0 Å². The summed E-state index contributed by atoms with van der Waals surface area (Å²) in [6, 6.07) is 10.6. The second kappa shape index (κ2) is 6.53. The molecule has 7 heteroatoms. The van der Waals surface area contributed by atoms with Gasteiger partial charge in [0, 0.05) is 23.3 Å². The molecular weight excluding hydrogens is 360 g/mol. The number of hydrogen-bond donors (Lipinski definition) is 0. The van der Waals surface area contributed by atoms with Crippen molar-refractivity contribution in [1.82, 2.24) is 9.55 Å². The molecule has 0 unspecified atom stereocenters. The van der Waals surface area contributed by atoms with E-state index in [2.05, 4.69) is 4.98 Å². The second-order valence-electron chi connectivity index (χ2n) is 6.28. The van der Waals surface area contributed by atoms with Crippen molar-refractivity contribution in [2.75, 3.05) is 21.3 Å². The molecule has 0 saturated heterocycles. The largest absolute Gasteiger partial charge is 0.493 e. The first-order chi connectivity index (χ1) is 13.5. The van der Waals surface area contributed by atoms with E-state index in [4.69, 9.17) is 14.2 Å². The Labute approximate surface area is 161 Å². The molecule has 0 fully saturated rings.